The Labute approximate surface area is 291 Å². The fourth-order valence-electron chi connectivity index (χ4n) is 5.68. The molecule has 4 aromatic rings. The van der Waals surface area contributed by atoms with Crippen molar-refractivity contribution in [3.05, 3.63) is 123 Å². The summed E-state index contributed by atoms with van der Waals surface area (Å²) in [4.78, 5) is 43.9. The number of carboxylic acid groups (broad SMARTS) is 1. The fourth-order valence-corrected chi connectivity index (χ4v) is 5.93. The Morgan fingerprint density at radius 2 is 1.52 bits per heavy atom. The van der Waals surface area contributed by atoms with E-state index in [1.54, 1.807) is 46.2 Å². The molecule has 0 aliphatic carbocycles. The van der Waals surface area contributed by atoms with E-state index >= 15 is 0 Å². The third-order valence-electron chi connectivity index (χ3n) is 7.96. The van der Waals surface area contributed by atoms with Crippen molar-refractivity contribution in [2.45, 2.75) is 45.2 Å². The number of amides is 2. The molecule has 1 N–H and O–H groups in total. The van der Waals surface area contributed by atoms with Gasteiger partial charge >= 0.3 is 35.5 Å². The van der Waals surface area contributed by atoms with Crippen LogP contribution in [0.4, 0.5) is 5.69 Å². The van der Waals surface area contributed by atoms with Gasteiger partial charge in [-0.1, -0.05) is 77.8 Å². The summed E-state index contributed by atoms with van der Waals surface area (Å²) >= 11 is 12.4. The van der Waals surface area contributed by atoms with Crippen molar-refractivity contribution >= 4 is 46.7 Å². The smallest absolute Gasteiger partial charge is 1.00 e. The number of carbonyl (C=O) groups is 3. The molecule has 0 bridgehead atoms. The first-order chi connectivity index (χ1) is 20.7. The normalized spacial score (nSPS) is 15.3. The molecule has 6 nitrogen and oxygen atoms in total. The van der Waals surface area contributed by atoms with Gasteiger partial charge in [0.2, 0.25) is 0 Å². The van der Waals surface area contributed by atoms with Gasteiger partial charge in [0, 0.05) is 23.0 Å². The number of aryl methyl sites for hydroxylation is 1. The number of anilines is 1. The summed E-state index contributed by atoms with van der Waals surface area (Å²) in [5.41, 5.74) is 5.30. The molecule has 2 atom stereocenters. The molecule has 0 spiro atoms. The van der Waals surface area contributed by atoms with Gasteiger partial charge in [-0.3, -0.25) is 14.4 Å². The quantitative estimate of drug-likeness (QED) is 0.190. The van der Waals surface area contributed by atoms with Crippen molar-refractivity contribution in [1.29, 1.82) is 0 Å². The summed E-state index contributed by atoms with van der Waals surface area (Å²) in [5.74, 6) is -1.44. The first-order valence-electron chi connectivity index (χ1n) is 14.2. The molecule has 4 aromatic carbocycles. The predicted octanol–water partition coefficient (Wildman–Crippen LogP) is 5.63. The summed E-state index contributed by atoms with van der Waals surface area (Å²) in [5, 5.41) is 10.3. The summed E-state index contributed by atoms with van der Waals surface area (Å²) < 4.78 is 0. The van der Waals surface area contributed by atoms with Crippen LogP contribution in [0.1, 0.15) is 66.7 Å². The van der Waals surface area contributed by atoms with Gasteiger partial charge < -0.3 is 16.3 Å². The first kappa shape index (κ1) is 33.8. The van der Waals surface area contributed by atoms with Crippen LogP contribution in [0.25, 0.3) is 11.1 Å². The van der Waals surface area contributed by atoms with Crippen LogP contribution in [0, 0.1) is 6.92 Å². The second-order valence-corrected chi connectivity index (χ2v) is 11.7. The molecule has 0 saturated carbocycles. The van der Waals surface area contributed by atoms with Crippen molar-refractivity contribution in [2.24, 2.45) is 0 Å². The molecule has 0 radical (unpaired) electrons. The van der Waals surface area contributed by atoms with Gasteiger partial charge in [-0.05, 0) is 90.9 Å². The second-order valence-electron chi connectivity index (χ2n) is 10.8. The molecule has 1 heterocycles. The van der Waals surface area contributed by atoms with E-state index in [1.807, 2.05) is 68.4 Å². The average Bonchev–Trinajstić information content (AvgIpc) is 3.08. The van der Waals surface area contributed by atoms with Crippen molar-refractivity contribution < 1.29 is 50.5 Å². The van der Waals surface area contributed by atoms with Crippen molar-refractivity contribution in [2.75, 3.05) is 11.4 Å². The molecular formula is C35H33Cl2N2NaO4. The molecular weight excluding hydrogens is 606 g/mol. The summed E-state index contributed by atoms with van der Waals surface area (Å²) in [6.07, 6.45) is 0.867. The van der Waals surface area contributed by atoms with Crippen LogP contribution < -0.4 is 34.5 Å². The number of nitrogens with zero attached hydrogens (tertiary/aromatic N) is 2. The predicted molar refractivity (Wildman–Crippen MR) is 172 cm³/mol. The monoisotopic (exact) mass is 638 g/mol. The molecule has 0 saturated heterocycles. The number of hydrogen-bond donors (Lipinski definition) is 1. The number of halogens is 2. The van der Waals surface area contributed by atoms with E-state index in [1.165, 1.54) is 0 Å². The van der Waals surface area contributed by atoms with E-state index < -0.39 is 18.1 Å². The number of unbranched alkanes of at least 4 members (excludes halogenated alkanes) is 1. The Kier molecular flexibility index (Phi) is 11.3. The molecule has 0 fully saturated rings. The van der Waals surface area contributed by atoms with Gasteiger partial charge in [0.1, 0.15) is 6.04 Å². The van der Waals surface area contributed by atoms with Gasteiger partial charge in [0.25, 0.3) is 11.8 Å². The largest absolute Gasteiger partial charge is 1.00 e. The number of hydrogen-bond acceptors (Lipinski definition) is 3. The Morgan fingerprint density at radius 1 is 0.886 bits per heavy atom. The molecule has 1 aliphatic rings. The van der Waals surface area contributed by atoms with Gasteiger partial charge in [0.05, 0.1) is 17.3 Å². The molecule has 44 heavy (non-hydrogen) atoms. The van der Waals surface area contributed by atoms with Crippen LogP contribution in [0.5, 0.6) is 0 Å². The Morgan fingerprint density at radius 3 is 2.16 bits per heavy atom. The van der Waals surface area contributed by atoms with Gasteiger partial charge in [-0.2, -0.15) is 0 Å². The Bertz CT molecular complexity index is 1670. The Balaban J connectivity index is 0.00000276. The van der Waals surface area contributed by atoms with Crippen molar-refractivity contribution in [3.63, 3.8) is 0 Å². The number of benzene rings is 4. The number of carboxylic acids is 1. The third kappa shape index (κ3) is 7.22. The van der Waals surface area contributed by atoms with E-state index in [9.17, 15) is 19.5 Å². The number of carbonyl (C=O) groups excluding carboxylic acids is 2. The Hall–Kier alpha value is -3.13. The molecule has 1 unspecified atom stereocenters. The maximum Gasteiger partial charge on any atom is 1.00 e. The van der Waals surface area contributed by atoms with Gasteiger partial charge in [-0.15, -0.1) is 0 Å². The molecule has 5 rings (SSSR count). The summed E-state index contributed by atoms with van der Waals surface area (Å²) in [7, 11) is 0. The number of rotatable bonds is 9. The van der Waals surface area contributed by atoms with E-state index in [0.29, 0.717) is 39.7 Å². The first-order valence-corrected chi connectivity index (χ1v) is 15.0. The number of aliphatic carboxylic acids is 1. The second kappa shape index (κ2) is 14.8. The van der Waals surface area contributed by atoms with Gasteiger partial charge in [-0.25, -0.2) is 0 Å². The van der Waals surface area contributed by atoms with E-state index in [-0.39, 0.29) is 55.8 Å². The summed E-state index contributed by atoms with van der Waals surface area (Å²) in [6.45, 7) is 4.20. The van der Waals surface area contributed by atoms with E-state index in [4.69, 9.17) is 23.2 Å². The summed E-state index contributed by atoms with van der Waals surface area (Å²) in [6, 6.07) is 26.4. The zero-order valence-electron chi connectivity index (χ0n) is 26.0. The minimum absolute atomic E-state index is 0. The van der Waals surface area contributed by atoms with Gasteiger partial charge in [0.15, 0.2) is 0 Å². The molecule has 9 heteroatoms. The molecule has 0 aromatic heterocycles. The molecule has 1 aliphatic heterocycles. The zero-order valence-corrected chi connectivity index (χ0v) is 28.5. The maximum atomic E-state index is 14.8. The van der Waals surface area contributed by atoms with E-state index in [0.717, 1.165) is 22.3 Å². The fraction of sp³-hybridized carbons (Fsp3) is 0.229. The minimum atomic E-state index is -0.954. The number of fused-ring (bicyclic) bond motifs is 1. The molecule has 222 valence electrons. The van der Waals surface area contributed by atoms with Crippen LogP contribution in [0.3, 0.4) is 0 Å². The van der Waals surface area contributed by atoms with E-state index in [2.05, 4.69) is 0 Å². The van der Waals surface area contributed by atoms with Crippen LogP contribution in [0.2, 0.25) is 10.0 Å². The van der Waals surface area contributed by atoms with Crippen LogP contribution in [0.15, 0.2) is 91.0 Å². The van der Waals surface area contributed by atoms with Crippen LogP contribution in [-0.4, -0.2) is 34.3 Å². The van der Waals surface area contributed by atoms with Crippen molar-refractivity contribution in [1.82, 2.24) is 4.90 Å². The SMILES string of the molecule is Cc1ccccc1-c1ccc2c(c1)C(=O)N([C@H](C)c1ccc(Cl)cc1)C(c1ccc(Cl)cc1)C(=O)N2CCCCC(=O)O.[H-].[Na+]. The average molecular weight is 640 g/mol. The molecule has 2 amide bonds. The third-order valence-corrected chi connectivity index (χ3v) is 8.47. The standard InChI is InChI=1S/C35H32Cl2N2O4.Na.H/c1-22-7-3-4-8-29(22)26-14-19-31-30(21-26)34(42)39(23(2)24-10-15-27(36)16-11-24)33(25-12-17-28(37)18-13-25)35(43)38(31)20-6-5-9-32(40)41;;/h3-4,7-8,10-19,21,23,33H,5-6,9,20H2,1-2H3,(H,40,41);;/q;+1;-1/t23-,33?;;/m1../s1. The van der Waals surface area contributed by atoms with Crippen molar-refractivity contribution in [3.8, 4) is 11.1 Å². The maximum absolute atomic E-state index is 14.8. The van der Waals surface area contributed by atoms with Crippen LogP contribution >= 0.6 is 23.2 Å². The minimum Gasteiger partial charge on any atom is -1.00 e. The zero-order chi connectivity index (χ0) is 30.7. The topological polar surface area (TPSA) is 77.9 Å². The van der Waals surface area contributed by atoms with Crippen LogP contribution in [-0.2, 0) is 9.59 Å².